The first kappa shape index (κ1) is 22.3. The number of esters is 1. The highest BCUT2D eigenvalue weighted by atomic mass is 16.8. The van der Waals surface area contributed by atoms with E-state index in [9.17, 15) is 4.79 Å². The van der Waals surface area contributed by atoms with Crippen molar-refractivity contribution in [2.24, 2.45) is 0 Å². The Hall–Kier alpha value is -2.47. The highest BCUT2D eigenvalue weighted by Gasteiger charge is 2.68. The zero-order valence-corrected chi connectivity index (χ0v) is 19.2. The van der Waals surface area contributed by atoms with Crippen LogP contribution >= 0.6 is 0 Å². The molecular weight excluding hydrogens is 416 g/mol. The molecule has 3 fully saturated rings. The Kier molecular flexibility index (Phi) is 5.89. The van der Waals surface area contributed by atoms with Gasteiger partial charge in [0.05, 0.1) is 12.2 Å². The molecule has 3 aliphatic rings. The average Bonchev–Trinajstić information content (AvgIpc) is 2.85. The van der Waals surface area contributed by atoms with Crippen molar-refractivity contribution in [3.63, 3.8) is 0 Å². The van der Waals surface area contributed by atoms with Crippen molar-refractivity contribution in [1.29, 1.82) is 0 Å². The van der Waals surface area contributed by atoms with Gasteiger partial charge in [-0.2, -0.15) is 0 Å². The largest absolute Gasteiger partial charge is 0.425 e. The van der Waals surface area contributed by atoms with Gasteiger partial charge in [0.1, 0.15) is 0 Å². The predicted octanol–water partition coefficient (Wildman–Crippen LogP) is 6.17. The second kappa shape index (κ2) is 8.71. The van der Waals surface area contributed by atoms with Gasteiger partial charge >= 0.3 is 5.97 Å². The van der Waals surface area contributed by atoms with E-state index in [0.29, 0.717) is 19.3 Å². The SMILES string of the molecule is C=CC[C@@]1(C)O[C@@]2(CCC[C@@H](c3ccccc3)O2)[C@]2(CCC[C@H](c3ccccc3)O2)OC1=O. The van der Waals surface area contributed by atoms with Crippen molar-refractivity contribution in [2.75, 3.05) is 0 Å². The standard InChI is InChI=1S/C28H32O5/c1-3-18-26(2)25(29)32-27(19-10-16-23(30-27)21-12-6-4-7-13-21)28(33-26)20-11-17-24(31-28)22-14-8-5-9-15-22/h3-9,12-15,23-24H,1,10-11,16-20H2,2H3/t23-,24+,26-,27+,28+/m1/s1. The van der Waals surface area contributed by atoms with Gasteiger partial charge in [-0.05, 0) is 43.7 Å². The summed E-state index contributed by atoms with van der Waals surface area (Å²) in [5.74, 6) is -2.91. The van der Waals surface area contributed by atoms with Crippen molar-refractivity contribution in [3.05, 3.63) is 84.4 Å². The minimum absolute atomic E-state index is 0.165. The van der Waals surface area contributed by atoms with Crippen LogP contribution in [0.4, 0.5) is 0 Å². The monoisotopic (exact) mass is 448 g/mol. The topological polar surface area (TPSA) is 54.0 Å². The third-order valence-electron chi connectivity index (χ3n) is 7.15. The number of hydrogen-bond donors (Lipinski definition) is 0. The van der Waals surface area contributed by atoms with Gasteiger partial charge in [-0.25, -0.2) is 4.79 Å². The van der Waals surface area contributed by atoms with E-state index in [1.165, 1.54) is 0 Å². The van der Waals surface area contributed by atoms with Crippen LogP contribution in [0.1, 0.15) is 75.2 Å². The molecule has 3 aliphatic heterocycles. The lowest BCUT2D eigenvalue weighted by Gasteiger charge is -2.59. The van der Waals surface area contributed by atoms with Crippen LogP contribution in [0.15, 0.2) is 73.3 Å². The Labute approximate surface area is 195 Å². The molecule has 3 heterocycles. The molecule has 0 saturated carbocycles. The highest BCUT2D eigenvalue weighted by Crippen LogP contribution is 2.56. The second-order valence-corrected chi connectivity index (χ2v) is 9.54. The molecule has 0 amide bonds. The van der Waals surface area contributed by atoms with Gasteiger partial charge in [0.25, 0.3) is 5.79 Å². The lowest BCUT2D eigenvalue weighted by Crippen LogP contribution is -2.72. The molecule has 33 heavy (non-hydrogen) atoms. The maximum Gasteiger partial charge on any atom is 0.341 e. The summed E-state index contributed by atoms with van der Waals surface area (Å²) in [6, 6.07) is 20.3. The Bertz CT molecular complexity index is 992. The summed E-state index contributed by atoms with van der Waals surface area (Å²) < 4.78 is 26.5. The lowest BCUT2D eigenvalue weighted by molar-refractivity contribution is -0.472. The summed E-state index contributed by atoms with van der Waals surface area (Å²) in [6.07, 6.45) is 6.25. The first-order chi connectivity index (χ1) is 16.0. The van der Waals surface area contributed by atoms with Crippen molar-refractivity contribution >= 4 is 5.97 Å². The fourth-order valence-corrected chi connectivity index (χ4v) is 5.47. The van der Waals surface area contributed by atoms with E-state index >= 15 is 0 Å². The van der Waals surface area contributed by atoms with Crippen molar-refractivity contribution in [1.82, 2.24) is 0 Å². The Morgan fingerprint density at radius 3 is 1.94 bits per heavy atom. The van der Waals surface area contributed by atoms with E-state index in [-0.39, 0.29) is 12.2 Å². The van der Waals surface area contributed by atoms with Gasteiger partial charge < -0.3 is 18.9 Å². The van der Waals surface area contributed by atoms with Crippen LogP contribution in [0.5, 0.6) is 0 Å². The molecule has 5 nitrogen and oxygen atoms in total. The molecule has 0 radical (unpaired) electrons. The van der Waals surface area contributed by atoms with Crippen LogP contribution in [0.3, 0.4) is 0 Å². The molecule has 0 aromatic heterocycles. The van der Waals surface area contributed by atoms with E-state index in [1.54, 1.807) is 13.0 Å². The zero-order chi connectivity index (χ0) is 22.9. The predicted molar refractivity (Wildman–Crippen MR) is 124 cm³/mol. The normalized spacial score (nSPS) is 36.5. The van der Waals surface area contributed by atoms with E-state index in [0.717, 1.165) is 36.8 Å². The number of ether oxygens (including phenoxy) is 4. The van der Waals surface area contributed by atoms with Crippen molar-refractivity contribution in [2.45, 2.75) is 81.3 Å². The molecule has 3 saturated heterocycles. The second-order valence-electron chi connectivity index (χ2n) is 9.54. The number of carbonyl (C=O) groups excluding carboxylic acids is 1. The summed E-state index contributed by atoms with van der Waals surface area (Å²) in [7, 11) is 0. The van der Waals surface area contributed by atoms with Crippen LogP contribution in [-0.2, 0) is 23.7 Å². The summed E-state index contributed by atoms with van der Waals surface area (Å²) in [5.41, 5.74) is 0.986. The average molecular weight is 449 g/mol. The van der Waals surface area contributed by atoms with Crippen LogP contribution < -0.4 is 0 Å². The number of benzene rings is 2. The fraction of sp³-hybridized carbons (Fsp3) is 0.464. The van der Waals surface area contributed by atoms with Gasteiger partial charge in [-0.15, -0.1) is 6.58 Å². The lowest BCUT2D eigenvalue weighted by atomic mass is 9.83. The third-order valence-corrected chi connectivity index (χ3v) is 7.15. The van der Waals surface area contributed by atoms with Crippen LogP contribution in [0, 0.1) is 0 Å². The molecule has 174 valence electrons. The summed E-state index contributed by atoms with van der Waals surface area (Å²) >= 11 is 0. The summed E-state index contributed by atoms with van der Waals surface area (Å²) in [4.78, 5) is 13.3. The maximum atomic E-state index is 13.3. The van der Waals surface area contributed by atoms with Crippen molar-refractivity contribution in [3.8, 4) is 0 Å². The quantitative estimate of drug-likeness (QED) is 0.413. The summed E-state index contributed by atoms with van der Waals surface area (Å²) in [6.45, 7) is 5.59. The number of carbonyl (C=O) groups is 1. The Morgan fingerprint density at radius 1 is 0.879 bits per heavy atom. The minimum Gasteiger partial charge on any atom is -0.425 e. The van der Waals surface area contributed by atoms with Gasteiger partial charge in [0.2, 0.25) is 5.79 Å². The molecule has 5 rings (SSSR count). The molecule has 0 N–H and O–H groups in total. The summed E-state index contributed by atoms with van der Waals surface area (Å²) in [5, 5.41) is 0. The smallest absolute Gasteiger partial charge is 0.341 e. The molecule has 2 aromatic carbocycles. The molecule has 0 aliphatic carbocycles. The maximum absolute atomic E-state index is 13.3. The molecule has 2 spiro atoms. The molecule has 0 unspecified atom stereocenters. The molecule has 5 heteroatoms. The third kappa shape index (κ3) is 3.92. The van der Waals surface area contributed by atoms with E-state index in [4.69, 9.17) is 18.9 Å². The number of hydrogen-bond acceptors (Lipinski definition) is 5. The molecule has 5 atom stereocenters. The zero-order valence-electron chi connectivity index (χ0n) is 19.2. The highest BCUT2D eigenvalue weighted by molar-refractivity contribution is 5.80. The number of rotatable bonds is 4. The van der Waals surface area contributed by atoms with Gasteiger partial charge in [0.15, 0.2) is 5.60 Å². The van der Waals surface area contributed by atoms with Gasteiger partial charge in [0, 0.05) is 19.3 Å². The first-order valence-corrected chi connectivity index (χ1v) is 12.0. The fourth-order valence-electron chi connectivity index (χ4n) is 5.47. The minimum atomic E-state index is -1.29. The van der Waals surface area contributed by atoms with Gasteiger partial charge in [-0.1, -0.05) is 66.7 Å². The van der Waals surface area contributed by atoms with Crippen molar-refractivity contribution < 1.29 is 23.7 Å². The van der Waals surface area contributed by atoms with Crippen LogP contribution in [-0.4, -0.2) is 23.1 Å². The van der Waals surface area contributed by atoms with E-state index < -0.39 is 23.1 Å². The van der Waals surface area contributed by atoms with E-state index in [1.807, 2.05) is 36.4 Å². The van der Waals surface area contributed by atoms with E-state index in [2.05, 4.69) is 30.8 Å². The molecule has 2 aromatic rings. The molecular formula is C28H32O5. The number of fused-ring (bicyclic) bond motifs is 1. The Balaban J connectivity index is 1.55. The van der Waals surface area contributed by atoms with Crippen LogP contribution in [0.2, 0.25) is 0 Å². The first-order valence-electron chi connectivity index (χ1n) is 12.0. The molecule has 0 bridgehead atoms. The van der Waals surface area contributed by atoms with Crippen LogP contribution in [0.25, 0.3) is 0 Å². The van der Waals surface area contributed by atoms with Gasteiger partial charge in [-0.3, -0.25) is 0 Å². The Morgan fingerprint density at radius 2 is 1.39 bits per heavy atom.